The molecule has 0 saturated heterocycles. The summed E-state index contributed by atoms with van der Waals surface area (Å²) in [6.07, 6.45) is -4.90. The Kier molecular flexibility index (Phi) is 5.44. The average molecular weight is 490 g/mol. The van der Waals surface area contributed by atoms with Crippen LogP contribution >= 0.6 is 11.6 Å². The van der Waals surface area contributed by atoms with Gasteiger partial charge >= 0.3 is 12.2 Å². The predicted molar refractivity (Wildman–Crippen MR) is 118 cm³/mol. The monoisotopic (exact) mass is 489 g/mol. The Morgan fingerprint density at radius 1 is 1.09 bits per heavy atom. The number of nitrogens with one attached hydrogen (secondary N) is 1. The molecule has 34 heavy (non-hydrogen) atoms. The first kappa shape index (κ1) is 22.2. The highest BCUT2D eigenvalue weighted by atomic mass is 35.5. The summed E-state index contributed by atoms with van der Waals surface area (Å²) in [6.45, 7) is 0.252. The number of amides is 2. The summed E-state index contributed by atoms with van der Waals surface area (Å²) in [5.74, 6) is -1.12. The first-order valence-electron chi connectivity index (χ1n) is 10.3. The Bertz CT molecular complexity index is 1290. The Labute approximate surface area is 196 Å². The first-order chi connectivity index (χ1) is 16.2. The molecule has 174 valence electrons. The maximum atomic E-state index is 13.7. The van der Waals surface area contributed by atoms with Crippen LogP contribution < -0.4 is 10.1 Å². The molecule has 0 aliphatic carbocycles. The second-order valence-corrected chi connectivity index (χ2v) is 8.30. The fraction of sp³-hybridized carbons (Fsp3) is 0.167. The quantitative estimate of drug-likeness (QED) is 0.418. The van der Waals surface area contributed by atoms with Crippen molar-refractivity contribution in [3.8, 4) is 5.75 Å². The van der Waals surface area contributed by atoms with Crippen molar-refractivity contribution in [2.45, 2.75) is 12.2 Å². The number of nitrogens with zero attached hydrogens (tertiary/aromatic N) is 2. The van der Waals surface area contributed by atoms with E-state index in [1.54, 1.807) is 30.3 Å². The number of ether oxygens (including phenoxy) is 1. The molecule has 5 rings (SSSR count). The van der Waals surface area contributed by atoms with E-state index in [-0.39, 0.29) is 18.2 Å². The molecular formula is C24H16ClF4N3O2. The number of hydrogen-bond donors (Lipinski definition) is 1. The van der Waals surface area contributed by atoms with E-state index in [4.69, 9.17) is 16.3 Å². The lowest BCUT2D eigenvalue weighted by molar-refractivity contribution is -0.139. The Hall–Kier alpha value is -3.59. The number of rotatable bonds is 2. The molecule has 0 fully saturated rings. The fourth-order valence-electron chi connectivity index (χ4n) is 4.19. The number of hydrazone groups is 1. The van der Waals surface area contributed by atoms with Crippen molar-refractivity contribution in [3.05, 3.63) is 94.3 Å². The van der Waals surface area contributed by atoms with Gasteiger partial charge in [-0.1, -0.05) is 35.9 Å². The molecule has 1 N–H and O–H groups in total. The number of halogens is 5. The van der Waals surface area contributed by atoms with E-state index >= 15 is 0 Å². The Morgan fingerprint density at radius 3 is 2.56 bits per heavy atom. The number of carbonyl (C=O) groups excluding carboxylic acids is 1. The number of alkyl halides is 3. The van der Waals surface area contributed by atoms with Gasteiger partial charge in [0.1, 0.15) is 11.6 Å². The molecule has 2 aliphatic rings. The molecule has 2 aliphatic heterocycles. The maximum Gasteiger partial charge on any atom is 0.419 e. The van der Waals surface area contributed by atoms with Gasteiger partial charge in [-0.3, -0.25) is 0 Å². The molecular weight excluding hydrogens is 474 g/mol. The number of urea groups is 1. The first-order valence-corrected chi connectivity index (χ1v) is 10.6. The van der Waals surface area contributed by atoms with Crippen molar-refractivity contribution < 1.29 is 27.1 Å². The second kappa shape index (κ2) is 8.32. The summed E-state index contributed by atoms with van der Waals surface area (Å²) in [5, 5.41) is 8.66. The van der Waals surface area contributed by atoms with Gasteiger partial charge in [-0.05, 0) is 48.0 Å². The Morgan fingerprint density at radius 2 is 1.82 bits per heavy atom. The van der Waals surface area contributed by atoms with Crippen LogP contribution in [0.4, 0.5) is 28.0 Å². The summed E-state index contributed by atoms with van der Waals surface area (Å²) in [5.41, 5.74) is 0.408. The zero-order valence-electron chi connectivity index (χ0n) is 17.3. The van der Waals surface area contributed by atoms with E-state index in [0.29, 0.717) is 28.6 Å². The highest BCUT2D eigenvalue weighted by molar-refractivity contribution is 6.30. The molecule has 0 saturated carbocycles. The highest BCUT2D eigenvalue weighted by Crippen LogP contribution is 2.43. The normalized spacial score (nSPS) is 19.1. The van der Waals surface area contributed by atoms with Crippen LogP contribution in [-0.2, 0) is 6.18 Å². The van der Waals surface area contributed by atoms with Crippen LogP contribution in [0.2, 0.25) is 5.02 Å². The molecule has 0 radical (unpaired) electrons. The topological polar surface area (TPSA) is 53.9 Å². The van der Waals surface area contributed by atoms with E-state index in [9.17, 15) is 22.4 Å². The number of para-hydroxylation sites is 1. The van der Waals surface area contributed by atoms with Crippen LogP contribution in [0.25, 0.3) is 0 Å². The van der Waals surface area contributed by atoms with Gasteiger partial charge in [0, 0.05) is 16.3 Å². The van der Waals surface area contributed by atoms with Crippen LogP contribution in [-0.4, -0.2) is 23.4 Å². The third kappa shape index (κ3) is 3.96. The number of anilines is 1. The van der Waals surface area contributed by atoms with Crippen LogP contribution in [0.1, 0.15) is 22.7 Å². The summed E-state index contributed by atoms with van der Waals surface area (Å²) >= 11 is 6.02. The van der Waals surface area contributed by atoms with Gasteiger partial charge in [0.15, 0.2) is 0 Å². The highest BCUT2D eigenvalue weighted by Gasteiger charge is 2.45. The van der Waals surface area contributed by atoms with Gasteiger partial charge in [-0.25, -0.2) is 14.2 Å². The van der Waals surface area contributed by atoms with E-state index in [0.717, 1.165) is 17.2 Å². The molecule has 2 amide bonds. The van der Waals surface area contributed by atoms with Gasteiger partial charge in [0.2, 0.25) is 0 Å². The van der Waals surface area contributed by atoms with E-state index < -0.39 is 29.6 Å². The fourth-order valence-corrected chi connectivity index (χ4v) is 4.31. The lowest BCUT2D eigenvalue weighted by Gasteiger charge is -2.29. The molecule has 2 heterocycles. The minimum Gasteiger partial charge on any atom is -0.492 e. The number of fused-ring (bicyclic) bond motifs is 3. The molecule has 2 unspecified atom stereocenters. The second-order valence-electron chi connectivity index (χ2n) is 7.86. The molecule has 3 aromatic carbocycles. The zero-order chi connectivity index (χ0) is 24.0. The molecule has 3 aromatic rings. The van der Waals surface area contributed by atoms with Crippen LogP contribution in [0.5, 0.6) is 5.75 Å². The summed E-state index contributed by atoms with van der Waals surface area (Å²) < 4.78 is 58.9. The van der Waals surface area contributed by atoms with Crippen LogP contribution in [0.15, 0.2) is 71.8 Å². The van der Waals surface area contributed by atoms with Gasteiger partial charge in [-0.2, -0.15) is 18.3 Å². The van der Waals surface area contributed by atoms with Crippen molar-refractivity contribution in [1.29, 1.82) is 0 Å². The minimum atomic E-state index is -4.90. The molecule has 2 atom stereocenters. The third-order valence-electron chi connectivity index (χ3n) is 5.74. The third-order valence-corrected chi connectivity index (χ3v) is 5.99. The van der Waals surface area contributed by atoms with Crippen molar-refractivity contribution >= 4 is 29.0 Å². The summed E-state index contributed by atoms with van der Waals surface area (Å²) in [4.78, 5) is 13.2. The average Bonchev–Trinajstić information content (AvgIpc) is 3.20. The van der Waals surface area contributed by atoms with Crippen LogP contribution in [0, 0.1) is 11.7 Å². The number of hydrogen-bond acceptors (Lipinski definition) is 3. The maximum absolute atomic E-state index is 13.7. The van der Waals surface area contributed by atoms with Crippen molar-refractivity contribution in [3.63, 3.8) is 0 Å². The van der Waals surface area contributed by atoms with Gasteiger partial charge in [0.05, 0.1) is 29.8 Å². The largest absolute Gasteiger partial charge is 0.492 e. The van der Waals surface area contributed by atoms with Crippen molar-refractivity contribution in [2.24, 2.45) is 11.0 Å². The van der Waals surface area contributed by atoms with Crippen molar-refractivity contribution in [1.82, 2.24) is 5.01 Å². The zero-order valence-corrected chi connectivity index (χ0v) is 18.1. The molecule has 0 spiro atoms. The van der Waals surface area contributed by atoms with Crippen molar-refractivity contribution in [2.75, 3.05) is 11.9 Å². The lowest BCUT2D eigenvalue weighted by atomic mass is 9.86. The SMILES string of the molecule is O=C(Nc1ccc(F)c(C(F)(F)F)c1)N1N=C2c3ccccc3OCC2C1c1ccc(Cl)cc1. The summed E-state index contributed by atoms with van der Waals surface area (Å²) in [6, 6.07) is 15.1. The smallest absolute Gasteiger partial charge is 0.419 e. The van der Waals surface area contributed by atoms with Crippen LogP contribution in [0.3, 0.4) is 0 Å². The lowest BCUT2D eigenvalue weighted by Crippen LogP contribution is -2.37. The summed E-state index contributed by atoms with van der Waals surface area (Å²) in [7, 11) is 0. The standard InChI is InChI=1S/C24H16ClF4N3O2/c25-14-7-5-13(6-8-14)22-17-12-34-20-4-2-1-3-16(20)21(17)31-32(22)23(33)30-15-9-10-19(26)18(11-15)24(27,28)29/h1-11,17,22H,12H2,(H,30,33). The van der Waals surface area contributed by atoms with E-state index in [1.807, 2.05) is 18.2 Å². The number of carbonyl (C=O) groups is 1. The van der Waals surface area contributed by atoms with Gasteiger partial charge in [0.25, 0.3) is 0 Å². The van der Waals surface area contributed by atoms with E-state index in [2.05, 4.69) is 10.4 Å². The van der Waals surface area contributed by atoms with E-state index in [1.165, 1.54) is 5.01 Å². The number of benzene rings is 3. The molecule has 10 heteroatoms. The molecule has 5 nitrogen and oxygen atoms in total. The molecule has 0 bridgehead atoms. The molecule has 0 aromatic heterocycles. The minimum absolute atomic E-state index is 0.208. The predicted octanol–water partition coefficient (Wildman–Crippen LogP) is 6.50. The Balaban J connectivity index is 1.52. The van der Waals surface area contributed by atoms with Gasteiger partial charge < -0.3 is 10.1 Å². The van der Waals surface area contributed by atoms with Gasteiger partial charge in [-0.15, -0.1) is 0 Å².